The number of nitrogen functional groups attached to an aromatic ring is 1. The van der Waals surface area contributed by atoms with Crippen LogP contribution in [-0.4, -0.2) is 9.97 Å². The smallest absolute Gasteiger partial charge is 0.133 e. The fourth-order valence-electron chi connectivity index (χ4n) is 1.75. The second-order valence-corrected chi connectivity index (χ2v) is 3.77. The first-order chi connectivity index (χ1) is 7.58. The van der Waals surface area contributed by atoms with Gasteiger partial charge in [-0.25, -0.2) is 14.4 Å². The lowest BCUT2D eigenvalue weighted by Crippen LogP contribution is -1.96. The number of benzene rings is 1. The molecule has 0 amide bonds. The molecule has 1 aromatic carbocycles. The molecule has 1 aromatic heterocycles. The summed E-state index contributed by atoms with van der Waals surface area (Å²) in [7, 11) is 0. The van der Waals surface area contributed by atoms with Crippen LogP contribution >= 0.6 is 0 Å². The maximum atomic E-state index is 13.8. The van der Waals surface area contributed by atoms with E-state index in [9.17, 15) is 4.39 Å². The summed E-state index contributed by atoms with van der Waals surface area (Å²) in [5, 5.41) is 0. The summed E-state index contributed by atoms with van der Waals surface area (Å²) in [6, 6.07) is 4.97. The molecule has 2 rings (SSSR count). The average molecular weight is 217 g/mol. The van der Waals surface area contributed by atoms with E-state index in [0.717, 1.165) is 11.1 Å². The Bertz CT molecular complexity index is 515. The van der Waals surface area contributed by atoms with Gasteiger partial charge in [0.2, 0.25) is 0 Å². The SMILES string of the molecule is Cc1cc(C)c(-c2cc(N)ncn2)c(F)c1. The van der Waals surface area contributed by atoms with Gasteiger partial charge in [-0.3, -0.25) is 0 Å². The highest BCUT2D eigenvalue weighted by Crippen LogP contribution is 2.26. The summed E-state index contributed by atoms with van der Waals surface area (Å²) in [6.45, 7) is 3.71. The van der Waals surface area contributed by atoms with E-state index in [4.69, 9.17) is 5.73 Å². The highest BCUT2D eigenvalue weighted by molar-refractivity contribution is 5.66. The van der Waals surface area contributed by atoms with E-state index in [0.29, 0.717) is 17.1 Å². The lowest BCUT2D eigenvalue weighted by molar-refractivity contribution is 0.628. The average Bonchev–Trinajstić information content (AvgIpc) is 2.15. The molecule has 2 N–H and O–H groups in total. The molecule has 0 aliphatic rings. The van der Waals surface area contributed by atoms with Gasteiger partial charge in [-0.05, 0) is 31.0 Å². The summed E-state index contributed by atoms with van der Waals surface area (Å²) in [4.78, 5) is 7.82. The second-order valence-electron chi connectivity index (χ2n) is 3.77. The van der Waals surface area contributed by atoms with Crippen molar-refractivity contribution in [2.45, 2.75) is 13.8 Å². The van der Waals surface area contributed by atoms with Crippen molar-refractivity contribution >= 4 is 5.82 Å². The monoisotopic (exact) mass is 217 g/mol. The summed E-state index contributed by atoms with van der Waals surface area (Å²) in [5.74, 6) is 0.0555. The van der Waals surface area contributed by atoms with Gasteiger partial charge < -0.3 is 5.73 Å². The van der Waals surface area contributed by atoms with E-state index < -0.39 is 0 Å². The Morgan fingerprint density at radius 2 is 1.88 bits per heavy atom. The van der Waals surface area contributed by atoms with Crippen LogP contribution in [0.2, 0.25) is 0 Å². The van der Waals surface area contributed by atoms with Crippen LogP contribution < -0.4 is 5.73 Å². The maximum Gasteiger partial charge on any atom is 0.133 e. The van der Waals surface area contributed by atoms with Crippen LogP contribution in [0.15, 0.2) is 24.5 Å². The summed E-state index contributed by atoms with van der Waals surface area (Å²) in [5.41, 5.74) is 8.29. The van der Waals surface area contributed by atoms with E-state index in [-0.39, 0.29) is 5.82 Å². The lowest BCUT2D eigenvalue weighted by Gasteiger charge is -2.08. The van der Waals surface area contributed by atoms with Gasteiger partial charge in [0.25, 0.3) is 0 Å². The van der Waals surface area contributed by atoms with Crippen molar-refractivity contribution in [3.63, 3.8) is 0 Å². The zero-order valence-corrected chi connectivity index (χ0v) is 9.16. The van der Waals surface area contributed by atoms with Crippen LogP contribution in [0.25, 0.3) is 11.3 Å². The Labute approximate surface area is 93.2 Å². The molecular weight excluding hydrogens is 205 g/mol. The molecule has 0 saturated carbocycles. The fraction of sp³-hybridized carbons (Fsp3) is 0.167. The molecule has 0 atom stereocenters. The summed E-state index contributed by atoms with van der Waals surface area (Å²) in [6.07, 6.45) is 1.34. The van der Waals surface area contributed by atoms with Gasteiger partial charge in [-0.1, -0.05) is 6.07 Å². The molecule has 0 radical (unpaired) electrons. The number of nitrogens with zero attached hydrogens (tertiary/aromatic N) is 2. The first-order valence-electron chi connectivity index (χ1n) is 4.92. The zero-order chi connectivity index (χ0) is 11.7. The minimum absolute atomic E-state index is 0.282. The fourth-order valence-corrected chi connectivity index (χ4v) is 1.75. The van der Waals surface area contributed by atoms with Crippen molar-refractivity contribution in [2.75, 3.05) is 5.73 Å². The van der Waals surface area contributed by atoms with Crippen molar-refractivity contribution in [1.29, 1.82) is 0 Å². The Hall–Kier alpha value is -1.97. The Kier molecular flexibility index (Phi) is 2.56. The lowest BCUT2D eigenvalue weighted by atomic mass is 10.0. The van der Waals surface area contributed by atoms with E-state index in [1.54, 1.807) is 6.07 Å². The molecule has 3 nitrogen and oxygen atoms in total. The molecule has 1 heterocycles. The first kappa shape index (κ1) is 10.5. The highest BCUT2D eigenvalue weighted by Gasteiger charge is 2.10. The van der Waals surface area contributed by atoms with Crippen molar-refractivity contribution in [3.8, 4) is 11.3 Å². The number of halogens is 1. The standard InChI is InChI=1S/C12H12FN3/c1-7-3-8(2)12(9(13)4-7)10-5-11(14)16-6-15-10/h3-6H,1-2H3,(H2,14,15,16). The van der Waals surface area contributed by atoms with Crippen LogP contribution in [-0.2, 0) is 0 Å². The van der Waals surface area contributed by atoms with Gasteiger partial charge in [0, 0.05) is 11.6 Å². The number of hydrogen-bond donors (Lipinski definition) is 1. The molecule has 2 aromatic rings. The zero-order valence-electron chi connectivity index (χ0n) is 9.16. The molecule has 0 unspecified atom stereocenters. The third-order valence-electron chi connectivity index (χ3n) is 2.38. The van der Waals surface area contributed by atoms with E-state index in [2.05, 4.69) is 9.97 Å². The number of anilines is 1. The molecule has 4 heteroatoms. The van der Waals surface area contributed by atoms with E-state index >= 15 is 0 Å². The molecule has 82 valence electrons. The van der Waals surface area contributed by atoms with Gasteiger partial charge >= 0.3 is 0 Å². The van der Waals surface area contributed by atoms with Crippen LogP contribution in [0.3, 0.4) is 0 Å². The molecule has 0 saturated heterocycles. The third kappa shape index (κ3) is 1.86. The normalized spacial score (nSPS) is 10.4. The highest BCUT2D eigenvalue weighted by atomic mass is 19.1. The predicted molar refractivity (Wildman–Crippen MR) is 61.3 cm³/mol. The Morgan fingerprint density at radius 3 is 2.50 bits per heavy atom. The van der Waals surface area contributed by atoms with Crippen molar-refractivity contribution in [1.82, 2.24) is 9.97 Å². The number of aromatic nitrogens is 2. The van der Waals surface area contributed by atoms with Crippen molar-refractivity contribution < 1.29 is 4.39 Å². The molecule has 16 heavy (non-hydrogen) atoms. The van der Waals surface area contributed by atoms with Gasteiger partial charge in [0.15, 0.2) is 0 Å². The predicted octanol–water partition coefficient (Wildman–Crippen LogP) is 2.48. The number of nitrogens with two attached hydrogens (primary N) is 1. The van der Waals surface area contributed by atoms with Gasteiger partial charge in [-0.2, -0.15) is 0 Å². The van der Waals surface area contributed by atoms with Crippen LogP contribution in [0, 0.1) is 19.7 Å². The third-order valence-corrected chi connectivity index (χ3v) is 2.38. The van der Waals surface area contributed by atoms with Crippen LogP contribution in [0.5, 0.6) is 0 Å². The van der Waals surface area contributed by atoms with Crippen molar-refractivity contribution in [3.05, 3.63) is 41.5 Å². The molecule has 0 bridgehead atoms. The molecular formula is C12H12FN3. The van der Waals surface area contributed by atoms with Crippen molar-refractivity contribution in [2.24, 2.45) is 0 Å². The number of rotatable bonds is 1. The molecule has 0 spiro atoms. The van der Waals surface area contributed by atoms with Gasteiger partial charge in [-0.15, -0.1) is 0 Å². The summed E-state index contributed by atoms with van der Waals surface area (Å²) >= 11 is 0. The molecule has 0 fully saturated rings. The number of aryl methyl sites for hydroxylation is 2. The first-order valence-corrected chi connectivity index (χ1v) is 4.92. The van der Waals surface area contributed by atoms with Gasteiger partial charge in [0.05, 0.1) is 5.69 Å². The maximum absolute atomic E-state index is 13.8. The largest absolute Gasteiger partial charge is 0.384 e. The second kappa shape index (κ2) is 3.89. The quantitative estimate of drug-likeness (QED) is 0.798. The minimum atomic E-state index is -0.282. The Balaban J connectivity index is 2.64. The van der Waals surface area contributed by atoms with E-state index in [1.807, 2.05) is 19.9 Å². The minimum Gasteiger partial charge on any atom is -0.384 e. The van der Waals surface area contributed by atoms with Gasteiger partial charge in [0.1, 0.15) is 18.0 Å². The number of hydrogen-bond acceptors (Lipinski definition) is 3. The topological polar surface area (TPSA) is 51.8 Å². The van der Waals surface area contributed by atoms with E-state index in [1.165, 1.54) is 12.4 Å². The Morgan fingerprint density at radius 1 is 1.12 bits per heavy atom. The van der Waals surface area contributed by atoms with Crippen LogP contribution in [0.1, 0.15) is 11.1 Å². The van der Waals surface area contributed by atoms with Crippen LogP contribution in [0.4, 0.5) is 10.2 Å². The summed E-state index contributed by atoms with van der Waals surface area (Å²) < 4.78 is 13.8. The molecule has 0 aliphatic carbocycles. The molecule has 0 aliphatic heterocycles.